The van der Waals surface area contributed by atoms with Crippen molar-refractivity contribution in [1.29, 1.82) is 0 Å². The van der Waals surface area contributed by atoms with E-state index in [0.29, 0.717) is 138 Å². The lowest BCUT2D eigenvalue weighted by molar-refractivity contribution is -0.196. The van der Waals surface area contributed by atoms with E-state index in [0.717, 1.165) is 51.7 Å². The van der Waals surface area contributed by atoms with Crippen molar-refractivity contribution >= 4 is 23.9 Å². The Morgan fingerprint density at radius 2 is 1.20 bits per heavy atom. The van der Waals surface area contributed by atoms with E-state index >= 15 is 0 Å². The van der Waals surface area contributed by atoms with Gasteiger partial charge >= 0.3 is 12.1 Å². The number of carbonyl (C=O) groups is 4. The van der Waals surface area contributed by atoms with Crippen LogP contribution >= 0.6 is 0 Å². The number of carbonyl (C=O) groups excluding carboxylic acids is 4. The highest BCUT2D eigenvalue weighted by Crippen LogP contribution is 2.25. The number of rotatable bonds is 36. The number of amides is 6. The molecular formula is C43H79N7O16. The zero-order valence-corrected chi connectivity index (χ0v) is 38.9. The molecule has 2 fully saturated rings. The lowest BCUT2D eigenvalue weighted by atomic mass is 9.90. The summed E-state index contributed by atoms with van der Waals surface area (Å²) in [4.78, 5) is 51.8. The number of ether oxygens (including phenoxy) is 9. The number of piperidine rings is 1. The van der Waals surface area contributed by atoms with E-state index in [9.17, 15) is 34.5 Å². The third-order valence-electron chi connectivity index (χ3n) is 10.8. The number of urea groups is 2. The van der Waals surface area contributed by atoms with Gasteiger partial charge in [0.1, 0.15) is 25.0 Å². The maximum Gasteiger partial charge on any atom is 0.315 e. The number of unbranched alkanes of at least 4 members (excludes halogenated alkanes) is 2. The van der Waals surface area contributed by atoms with Gasteiger partial charge in [-0.05, 0) is 25.7 Å². The number of nitrogens with one attached hydrogen (secondary N) is 5. The van der Waals surface area contributed by atoms with Gasteiger partial charge in [0, 0.05) is 71.5 Å². The maximum atomic E-state index is 12.3. The Morgan fingerprint density at radius 3 is 1.74 bits per heavy atom. The third kappa shape index (κ3) is 26.3. The van der Waals surface area contributed by atoms with Gasteiger partial charge in [0.2, 0.25) is 11.8 Å². The van der Waals surface area contributed by atoms with Gasteiger partial charge in [0.25, 0.3) is 0 Å². The van der Waals surface area contributed by atoms with Crippen molar-refractivity contribution in [2.45, 2.75) is 81.9 Å². The SMILES string of the molecule is CC(=O)N[C@@H]1[C@@H](O)[C@@H](O)[C@@H](CO)O[C@@H]1CCCCCOCCOCCNC(=O)NCCOCCOCCOCCOCCOCCNC(=O)NC1CCN(CCN2COCC=CC2=O)CC1. The molecule has 382 valence electrons. The molecule has 8 N–H and O–H groups in total. The summed E-state index contributed by atoms with van der Waals surface area (Å²) in [6, 6.07) is -1.15. The maximum absolute atomic E-state index is 12.3. The van der Waals surface area contributed by atoms with E-state index in [1.54, 1.807) is 17.1 Å². The van der Waals surface area contributed by atoms with Gasteiger partial charge in [-0.1, -0.05) is 18.9 Å². The van der Waals surface area contributed by atoms with Crippen molar-refractivity contribution in [2.24, 2.45) is 0 Å². The van der Waals surface area contributed by atoms with Crippen molar-refractivity contribution in [3.63, 3.8) is 0 Å². The van der Waals surface area contributed by atoms with Crippen LogP contribution in [0.4, 0.5) is 9.59 Å². The molecule has 0 spiro atoms. The minimum absolute atomic E-state index is 0.0188. The van der Waals surface area contributed by atoms with Crippen LogP contribution in [0, 0.1) is 0 Å². The molecule has 0 bridgehead atoms. The van der Waals surface area contributed by atoms with Crippen molar-refractivity contribution in [1.82, 2.24) is 36.4 Å². The normalized spacial score (nSPS) is 21.7. The molecule has 0 aromatic rings. The van der Waals surface area contributed by atoms with Crippen LogP contribution in [0.3, 0.4) is 0 Å². The minimum atomic E-state index is -1.28. The highest BCUT2D eigenvalue weighted by molar-refractivity contribution is 5.87. The second-order valence-electron chi connectivity index (χ2n) is 15.9. The first-order valence-corrected chi connectivity index (χ1v) is 23.4. The average molecular weight is 950 g/mol. The molecule has 23 nitrogen and oxygen atoms in total. The summed E-state index contributed by atoms with van der Waals surface area (Å²) >= 11 is 0. The Labute approximate surface area is 389 Å². The highest BCUT2D eigenvalue weighted by Gasteiger charge is 2.44. The summed E-state index contributed by atoms with van der Waals surface area (Å²) in [7, 11) is 0. The molecule has 0 saturated carbocycles. The summed E-state index contributed by atoms with van der Waals surface area (Å²) in [5.41, 5.74) is 0. The Balaban J connectivity index is 0.967. The van der Waals surface area contributed by atoms with Gasteiger partial charge in [0.05, 0.1) is 111 Å². The number of aliphatic hydroxyl groups excluding tert-OH is 3. The minimum Gasteiger partial charge on any atom is -0.394 e. The van der Waals surface area contributed by atoms with Crippen molar-refractivity contribution in [3.8, 4) is 0 Å². The number of likely N-dealkylation sites (tertiary alicyclic amines) is 1. The van der Waals surface area contributed by atoms with Gasteiger partial charge < -0.3 is 94.3 Å². The van der Waals surface area contributed by atoms with Crippen molar-refractivity contribution in [2.75, 3.05) is 158 Å². The van der Waals surface area contributed by atoms with E-state index in [-0.39, 0.29) is 29.9 Å². The monoisotopic (exact) mass is 950 g/mol. The van der Waals surface area contributed by atoms with Gasteiger partial charge in [-0.2, -0.15) is 0 Å². The fraction of sp³-hybridized carbons (Fsp3) is 0.860. The molecule has 0 aromatic heterocycles. The molecule has 0 aromatic carbocycles. The molecule has 0 aliphatic carbocycles. The molecular weight excluding hydrogens is 871 g/mol. The topological polar surface area (TPSA) is 279 Å². The van der Waals surface area contributed by atoms with Crippen LogP contribution in [0.15, 0.2) is 12.2 Å². The molecule has 3 aliphatic rings. The first-order chi connectivity index (χ1) is 32.2. The van der Waals surface area contributed by atoms with Crippen LogP contribution in [0.25, 0.3) is 0 Å². The largest absolute Gasteiger partial charge is 0.394 e. The quantitative estimate of drug-likeness (QED) is 0.0318. The highest BCUT2D eigenvalue weighted by atomic mass is 16.6. The average Bonchev–Trinajstić information content (AvgIpc) is 3.52. The van der Waals surface area contributed by atoms with Gasteiger partial charge in [-0.15, -0.1) is 0 Å². The van der Waals surface area contributed by atoms with Crippen LogP contribution in [-0.2, 0) is 52.2 Å². The van der Waals surface area contributed by atoms with Gasteiger partial charge in [0.15, 0.2) is 0 Å². The fourth-order valence-electron chi connectivity index (χ4n) is 7.18. The van der Waals surface area contributed by atoms with Gasteiger partial charge in [-0.25, -0.2) is 9.59 Å². The number of hydrogen-bond donors (Lipinski definition) is 8. The van der Waals surface area contributed by atoms with Crippen LogP contribution < -0.4 is 26.6 Å². The standard InChI is InChI=1S/C43H79N7O16/c1-34(52)47-39-36(66-37(32-51)40(54)41(39)55)6-3-2-4-17-58-22-23-59-19-10-44-42(56)45-11-20-60-24-26-62-28-30-64-31-29-63-27-25-61-21-12-46-43(57)48-35-8-13-49(14-9-35)15-16-50-33-65-18-5-7-38(50)53/h5,7,35-37,39-41,51,54-55H,2-4,6,8-33H2,1H3,(H,47,52)(H2,44,45,56)(H2,46,48,57)/t36-,37-,39+,40+,41-/m1/s1. The zero-order valence-electron chi connectivity index (χ0n) is 38.9. The molecule has 3 heterocycles. The van der Waals surface area contributed by atoms with E-state index in [1.807, 2.05) is 0 Å². The van der Waals surface area contributed by atoms with Gasteiger partial charge in [-0.3, -0.25) is 9.59 Å². The van der Waals surface area contributed by atoms with Crippen LogP contribution in [0.1, 0.15) is 45.4 Å². The first-order valence-electron chi connectivity index (χ1n) is 23.4. The lowest BCUT2D eigenvalue weighted by Gasteiger charge is -2.42. The Kier molecular flexibility index (Phi) is 31.7. The number of nitrogens with zero attached hydrogens (tertiary/aromatic N) is 2. The molecule has 5 atom stereocenters. The molecule has 2 saturated heterocycles. The van der Waals surface area contributed by atoms with Crippen LogP contribution in [0.2, 0.25) is 0 Å². The Hall–Kier alpha value is -3.30. The Bertz CT molecular complexity index is 1330. The molecule has 23 heteroatoms. The lowest BCUT2D eigenvalue weighted by Crippen LogP contribution is -2.63. The third-order valence-corrected chi connectivity index (χ3v) is 10.8. The molecule has 0 radical (unpaired) electrons. The zero-order chi connectivity index (χ0) is 47.5. The Morgan fingerprint density at radius 1 is 0.667 bits per heavy atom. The van der Waals surface area contributed by atoms with E-state index in [2.05, 4.69) is 31.5 Å². The number of aliphatic hydroxyl groups is 3. The van der Waals surface area contributed by atoms with E-state index in [4.69, 9.17) is 42.6 Å². The molecule has 6 amide bonds. The fourth-order valence-corrected chi connectivity index (χ4v) is 7.18. The molecule has 3 aliphatic heterocycles. The molecule has 0 unspecified atom stereocenters. The summed E-state index contributed by atoms with van der Waals surface area (Å²) in [5.74, 6) is -0.354. The summed E-state index contributed by atoms with van der Waals surface area (Å²) < 4.78 is 49.7. The smallest absolute Gasteiger partial charge is 0.315 e. The first kappa shape index (κ1) is 57.0. The van der Waals surface area contributed by atoms with Crippen molar-refractivity contribution in [3.05, 3.63) is 12.2 Å². The second kappa shape index (κ2) is 36.7. The molecule has 66 heavy (non-hydrogen) atoms. The van der Waals surface area contributed by atoms with Crippen molar-refractivity contribution < 1.29 is 77.1 Å². The van der Waals surface area contributed by atoms with Crippen LogP contribution in [-0.4, -0.2) is 244 Å². The van der Waals surface area contributed by atoms with Crippen LogP contribution in [0.5, 0.6) is 0 Å². The van der Waals surface area contributed by atoms with E-state index in [1.165, 1.54) is 6.92 Å². The summed E-state index contributed by atoms with van der Waals surface area (Å²) in [6.07, 6.45) is 4.01. The predicted molar refractivity (Wildman–Crippen MR) is 239 cm³/mol. The summed E-state index contributed by atoms with van der Waals surface area (Å²) in [5, 5.41) is 43.9. The summed E-state index contributed by atoms with van der Waals surface area (Å²) in [6.45, 7) is 11.7. The number of hydrogen-bond acceptors (Lipinski definition) is 17. The molecule has 3 rings (SSSR count). The van der Waals surface area contributed by atoms with E-state index < -0.39 is 37.1 Å². The second-order valence-corrected chi connectivity index (χ2v) is 15.9. The predicted octanol–water partition coefficient (Wildman–Crippen LogP) is -1.92.